The number of nitrogens with zero attached hydrogens (tertiary/aromatic N) is 1. The molecule has 0 aromatic carbocycles. The molecule has 1 unspecified atom stereocenters. The van der Waals surface area contributed by atoms with Gasteiger partial charge in [-0.1, -0.05) is 6.92 Å². The molecule has 0 aliphatic carbocycles. The van der Waals surface area contributed by atoms with Crippen LogP contribution < -0.4 is 5.32 Å². The van der Waals surface area contributed by atoms with Gasteiger partial charge in [-0.2, -0.15) is 0 Å². The van der Waals surface area contributed by atoms with E-state index in [-0.39, 0.29) is 11.6 Å². The van der Waals surface area contributed by atoms with E-state index in [1.165, 1.54) is 0 Å². The van der Waals surface area contributed by atoms with Gasteiger partial charge in [0.2, 0.25) is 0 Å². The molecule has 1 saturated heterocycles. The molecule has 0 aromatic heterocycles. The minimum atomic E-state index is -0.836. The molecule has 1 heterocycles. The van der Waals surface area contributed by atoms with Gasteiger partial charge in [-0.05, 0) is 20.3 Å². The van der Waals surface area contributed by atoms with Gasteiger partial charge in [0, 0.05) is 13.1 Å². The number of carboxylic acids is 1. The Hall–Kier alpha value is -1.30. The van der Waals surface area contributed by atoms with Crippen LogP contribution in [-0.2, 0) is 9.53 Å². The first-order valence-corrected chi connectivity index (χ1v) is 6.21. The zero-order chi connectivity index (χ0) is 13.8. The molecule has 0 spiro atoms. The first-order chi connectivity index (χ1) is 8.32. The second-order valence-corrected chi connectivity index (χ2v) is 5.29. The molecule has 18 heavy (non-hydrogen) atoms. The molecule has 0 bridgehead atoms. The van der Waals surface area contributed by atoms with Crippen LogP contribution in [0.5, 0.6) is 0 Å². The van der Waals surface area contributed by atoms with Crippen molar-refractivity contribution in [1.82, 2.24) is 10.2 Å². The second-order valence-electron chi connectivity index (χ2n) is 5.29. The van der Waals surface area contributed by atoms with Gasteiger partial charge in [0.25, 0.3) is 0 Å². The van der Waals surface area contributed by atoms with Crippen LogP contribution in [0.3, 0.4) is 0 Å². The van der Waals surface area contributed by atoms with Crippen molar-refractivity contribution in [2.45, 2.75) is 32.8 Å². The Morgan fingerprint density at radius 3 is 2.72 bits per heavy atom. The second kappa shape index (κ2) is 6.04. The summed E-state index contributed by atoms with van der Waals surface area (Å²) in [5, 5.41) is 11.5. The lowest BCUT2D eigenvalue weighted by molar-refractivity contribution is -0.141. The summed E-state index contributed by atoms with van der Waals surface area (Å²) in [6, 6.07) is -0.149. The maximum Gasteiger partial charge on any atom is 0.317 e. The van der Waals surface area contributed by atoms with E-state index in [0.29, 0.717) is 32.7 Å². The SMILES string of the molecule is CC(CCNC(=O)N1CCOC(C)(C)C1)C(=O)O. The molecular weight excluding hydrogens is 236 g/mol. The summed E-state index contributed by atoms with van der Waals surface area (Å²) in [6.07, 6.45) is 0.439. The first-order valence-electron chi connectivity index (χ1n) is 6.21. The molecule has 1 atom stereocenters. The van der Waals surface area contributed by atoms with Gasteiger partial charge in [-0.3, -0.25) is 4.79 Å². The van der Waals surface area contributed by atoms with E-state index in [1.54, 1.807) is 11.8 Å². The number of morpholine rings is 1. The number of carbonyl (C=O) groups excluding carboxylic acids is 1. The van der Waals surface area contributed by atoms with Crippen molar-refractivity contribution in [2.24, 2.45) is 5.92 Å². The van der Waals surface area contributed by atoms with Crippen LogP contribution in [0.15, 0.2) is 0 Å². The molecule has 1 aliphatic rings. The molecule has 1 fully saturated rings. The topological polar surface area (TPSA) is 78.9 Å². The highest BCUT2D eigenvalue weighted by molar-refractivity contribution is 5.74. The fourth-order valence-electron chi connectivity index (χ4n) is 1.82. The number of hydrogen-bond donors (Lipinski definition) is 2. The van der Waals surface area contributed by atoms with Crippen LogP contribution in [0.4, 0.5) is 4.79 Å². The number of carbonyl (C=O) groups is 2. The Labute approximate surface area is 107 Å². The van der Waals surface area contributed by atoms with E-state index in [2.05, 4.69) is 5.32 Å². The summed E-state index contributed by atoms with van der Waals surface area (Å²) in [5.74, 6) is -1.27. The van der Waals surface area contributed by atoms with Gasteiger partial charge in [-0.15, -0.1) is 0 Å². The van der Waals surface area contributed by atoms with E-state index in [0.717, 1.165) is 0 Å². The standard InChI is InChI=1S/C12H22N2O4/c1-9(10(15)16)4-5-13-11(17)14-6-7-18-12(2,3)8-14/h9H,4-8H2,1-3H3,(H,13,17)(H,15,16). The number of urea groups is 1. The van der Waals surface area contributed by atoms with Crippen molar-refractivity contribution < 1.29 is 19.4 Å². The summed E-state index contributed by atoms with van der Waals surface area (Å²) in [6.45, 7) is 7.55. The highest BCUT2D eigenvalue weighted by Gasteiger charge is 2.29. The van der Waals surface area contributed by atoms with Crippen molar-refractivity contribution in [3.63, 3.8) is 0 Å². The Morgan fingerprint density at radius 2 is 2.17 bits per heavy atom. The van der Waals surface area contributed by atoms with Crippen LogP contribution >= 0.6 is 0 Å². The van der Waals surface area contributed by atoms with E-state index >= 15 is 0 Å². The van der Waals surface area contributed by atoms with Crippen molar-refractivity contribution in [3.8, 4) is 0 Å². The van der Waals surface area contributed by atoms with E-state index in [4.69, 9.17) is 9.84 Å². The predicted molar refractivity (Wildman–Crippen MR) is 66.4 cm³/mol. The minimum absolute atomic E-state index is 0.149. The van der Waals surface area contributed by atoms with Gasteiger partial charge < -0.3 is 20.1 Å². The van der Waals surface area contributed by atoms with Gasteiger partial charge in [0.05, 0.1) is 24.7 Å². The molecule has 2 amide bonds. The smallest absolute Gasteiger partial charge is 0.317 e. The molecule has 1 rings (SSSR count). The lowest BCUT2D eigenvalue weighted by Crippen LogP contribution is -2.53. The predicted octanol–water partition coefficient (Wildman–Crippen LogP) is 0.918. The summed E-state index contributed by atoms with van der Waals surface area (Å²) >= 11 is 0. The third-order valence-electron chi connectivity index (χ3n) is 2.99. The fraction of sp³-hybridized carbons (Fsp3) is 0.833. The normalized spacial score (nSPS) is 20.3. The van der Waals surface area contributed by atoms with Crippen molar-refractivity contribution >= 4 is 12.0 Å². The summed E-state index contributed by atoms with van der Waals surface area (Å²) in [7, 11) is 0. The Bertz CT molecular complexity index is 317. The van der Waals surface area contributed by atoms with Crippen LogP contribution in [0.25, 0.3) is 0 Å². The maximum absolute atomic E-state index is 11.8. The Balaban J connectivity index is 2.30. The summed E-state index contributed by atoms with van der Waals surface area (Å²) in [4.78, 5) is 24.2. The number of hydrogen-bond acceptors (Lipinski definition) is 3. The van der Waals surface area contributed by atoms with E-state index in [1.807, 2.05) is 13.8 Å². The zero-order valence-corrected chi connectivity index (χ0v) is 11.2. The first kappa shape index (κ1) is 14.8. The van der Waals surface area contributed by atoms with E-state index < -0.39 is 11.9 Å². The molecule has 6 heteroatoms. The third kappa shape index (κ3) is 4.52. The molecular formula is C12H22N2O4. The molecule has 1 aliphatic heterocycles. The minimum Gasteiger partial charge on any atom is -0.481 e. The number of aliphatic carboxylic acids is 1. The molecule has 104 valence electrons. The van der Waals surface area contributed by atoms with Crippen molar-refractivity contribution in [1.29, 1.82) is 0 Å². The number of carboxylic acid groups (broad SMARTS) is 1. The lowest BCUT2D eigenvalue weighted by atomic mass is 10.1. The van der Waals surface area contributed by atoms with Gasteiger partial charge in [0.15, 0.2) is 0 Å². The average Bonchev–Trinajstić information content (AvgIpc) is 2.27. The Kier molecular flexibility index (Phi) is 4.95. The average molecular weight is 258 g/mol. The quantitative estimate of drug-likeness (QED) is 0.786. The van der Waals surface area contributed by atoms with Crippen molar-refractivity contribution in [3.05, 3.63) is 0 Å². The zero-order valence-electron chi connectivity index (χ0n) is 11.2. The molecule has 0 saturated carbocycles. The highest BCUT2D eigenvalue weighted by atomic mass is 16.5. The molecule has 0 radical (unpaired) electrons. The number of ether oxygens (including phenoxy) is 1. The van der Waals surface area contributed by atoms with Gasteiger partial charge in [-0.25, -0.2) is 4.79 Å². The molecule has 2 N–H and O–H groups in total. The molecule has 6 nitrogen and oxygen atoms in total. The number of rotatable bonds is 4. The number of amides is 2. The van der Waals surface area contributed by atoms with Gasteiger partial charge >= 0.3 is 12.0 Å². The van der Waals surface area contributed by atoms with Crippen LogP contribution in [0.2, 0.25) is 0 Å². The highest BCUT2D eigenvalue weighted by Crippen LogP contribution is 2.16. The van der Waals surface area contributed by atoms with E-state index in [9.17, 15) is 9.59 Å². The maximum atomic E-state index is 11.8. The lowest BCUT2D eigenvalue weighted by Gasteiger charge is -2.38. The summed E-state index contributed by atoms with van der Waals surface area (Å²) < 4.78 is 5.52. The van der Waals surface area contributed by atoms with Crippen LogP contribution in [0, 0.1) is 5.92 Å². The van der Waals surface area contributed by atoms with Crippen LogP contribution in [-0.4, -0.2) is 53.8 Å². The number of nitrogens with one attached hydrogen (secondary N) is 1. The van der Waals surface area contributed by atoms with Crippen molar-refractivity contribution in [2.75, 3.05) is 26.2 Å². The third-order valence-corrected chi connectivity index (χ3v) is 2.99. The van der Waals surface area contributed by atoms with Gasteiger partial charge in [0.1, 0.15) is 0 Å². The Morgan fingerprint density at radius 1 is 1.50 bits per heavy atom. The van der Waals surface area contributed by atoms with Crippen LogP contribution in [0.1, 0.15) is 27.2 Å². The molecule has 0 aromatic rings. The summed E-state index contributed by atoms with van der Waals surface area (Å²) in [5.41, 5.74) is -0.316. The fourth-order valence-corrected chi connectivity index (χ4v) is 1.82. The largest absolute Gasteiger partial charge is 0.481 e. The monoisotopic (exact) mass is 258 g/mol.